The summed E-state index contributed by atoms with van der Waals surface area (Å²) in [6.07, 6.45) is -1.80. The van der Waals surface area contributed by atoms with Crippen LogP contribution >= 0.6 is 0 Å². The second-order valence-electron chi connectivity index (χ2n) is 4.88. The summed E-state index contributed by atoms with van der Waals surface area (Å²) in [7, 11) is 1.76. The first-order valence-corrected chi connectivity index (χ1v) is 6.88. The van der Waals surface area contributed by atoms with Crippen LogP contribution in [0, 0.1) is 0 Å². The Morgan fingerprint density at radius 1 is 1.33 bits per heavy atom. The molecule has 0 saturated heterocycles. The summed E-state index contributed by atoms with van der Waals surface area (Å²) in [5.41, 5.74) is 1.40. The number of imidazole rings is 1. The first kappa shape index (κ1) is 15.6. The van der Waals surface area contributed by atoms with Gasteiger partial charge in [0.25, 0.3) is 0 Å². The molecule has 2 rings (SSSR count). The van der Waals surface area contributed by atoms with Gasteiger partial charge in [-0.25, -0.2) is 4.98 Å². The highest BCUT2D eigenvalue weighted by molar-refractivity contribution is 5.56. The Morgan fingerprint density at radius 2 is 2.10 bits per heavy atom. The summed E-state index contributed by atoms with van der Waals surface area (Å²) in [4.78, 5) is 5.69. The molecule has 116 valence electrons. The van der Waals surface area contributed by atoms with Gasteiger partial charge in [0.05, 0.1) is 5.69 Å². The first-order chi connectivity index (χ1) is 9.96. The van der Waals surface area contributed by atoms with Crippen molar-refractivity contribution >= 4 is 11.5 Å². The first-order valence-electron chi connectivity index (χ1n) is 6.88. The summed E-state index contributed by atoms with van der Waals surface area (Å²) in [5, 5.41) is 2.99. The third-order valence-electron chi connectivity index (χ3n) is 3.12. The van der Waals surface area contributed by atoms with Gasteiger partial charge in [-0.05, 0) is 25.6 Å². The Bertz CT molecular complexity index is 591. The average molecular weight is 300 g/mol. The number of hydrogen-bond acceptors (Lipinski definition) is 3. The van der Waals surface area contributed by atoms with Gasteiger partial charge in [0.1, 0.15) is 12.2 Å². The van der Waals surface area contributed by atoms with Gasteiger partial charge >= 0.3 is 6.18 Å². The van der Waals surface area contributed by atoms with Crippen molar-refractivity contribution in [3.8, 4) is 0 Å². The minimum atomic E-state index is -4.25. The normalized spacial score (nSPS) is 12.0. The molecule has 0 amide bonds. The number of alkyl halides is 3. The fraction of sp³-hybridized carbons (Fsp3) is 0.500. The van der Waals surface area contributed by atoms with E-state index in [0.29, 0.717) is 31.0 Å². The van der Waals surface area contributed by atoms with Crippen molar-refractivity contribution in [2.45, 2.75) is 26.1 Å². The van der Waals surface area contributed by atoms with Gasteiger partial charge in [-0.1, -0.05) is 13.0 Å². The number of fused-ring (bicyclic) bond motifs is 1. The van der Waals surface area contributed by atoms with Crippen LogP contribution in [0.4, 0.5) is 19.0 Å². The molecule has 1 N–H and O–H groups in total. The van der Waals surface area contributed by atoms with Crippen LogP contribution in [0.1, 0.15) is 19.0 Å². The van der Waals surface area contributed by atoms with Gasteiger partial charge in [-0.3, -0.25) is 0 Å². The topological polar surface area (TPSA) is 32.6 Å². The molecule has 2 aromatic heterocycles. The van der Waals surface area contributed by atoms with E-state index in [2.05, 4.69) is 10.3 Å². The van der Waals surface area contributed by atoms with Crippen molar-refractivity contribution in [3.05, 3.63) is 30.1 Å². The Labute approximate surface area is 121 Å². The number of nitrogens with one attached hydrogen (secondary N) is 1. The third-order valence-corrected chi connectivity index (χ3v) is 3.12. The van der Waals surface area contributed by atoms with Crippen molar-refractivity contribution in [2.75, 3.05) is 25.0 Å². The van der Waals surface area contributed by atoms with Crippen LogP contribution in [0.2, 0.25) is 0 Å². The Hall–Kier alpha value is -1.76. The number of hydrogen-bond donors (Lipinski definition) is 1. The zero-order chi connectivity index (χ0) is 15.5. The SMILES string of the molecule is CCCN(CC(F)(F)F)c1nc2ccccn2c1CNC. The third kappa shape index (κ3) is 3.66. The predicted molar refractivity (Wildman–Crippen MR) is 76.5 cm³/mol. The highest BCUT2D eigenvalue weighted by Gasteiger charge is 2.32. The van der Waals surface area contributed by atoms with Crippen LogP contribution in [-0.4, -0.2) is 35.7 Å². The maximum Gasteiger partial charge on any atom is 0.405 e. The molecule has 2 aromatic rings. The van der Waals surface area contributed by atoms with Gasteiger partial charge in [-0.2, -0.15) is 13.2 Å². The van der Waals surface area contributed by atoms with Crippen LogP contribution in [0.15, 0.2) is 24.4 Å². The van der Waals surface area contributed by atoms with E-state index in [1.807, 2.05) is 29.7 Å². The number of anilines is 1. The molecule has 0 aromatic carbocycles. The standard InChI is InChI=1S/C14H19F3N4/c1-3-7-20(10-14(15,16)17)13-11(9-18-2)21-8-5-4-6-12(21)19-13/h4-6,8,18H,3,7,9-10H2,1-2H3. The second-order valence-corrected chi connectivity index (χ2v) is 4.88. The molecule has 0 unspecified atom stereocenters. The van der Waals surface area contributed by atoms with Crippen molar-refractivity contribution in [1.29, 1.82) is 0 Å². The largest absolute Gasteiger partial charge is 0.405 e. The smallest absolute Gasteiger partial charge is 0.346 e. The van der Waals surface area contributed by atoms with Crippen LogP contribution < -0.4 is 10.2 Å². The molecule has 2 heterocycles. The van der Waals surface area contributed by atoms with Crippen LogP contribution in [0.25, 0.3) is 5.65 Å². The van der Waals surface area contributed by atoms with Gasteiger partial charge in [0, 0.05) is 19.3 Å². The Kier molecular flexibility index (Phi) is 4.72. The number of nitrogens with zero attached hydrogens (tertiary/aromatic N) is 3. The number of rotatable bonds is 6. The number of aromatic nitrogens is 2. The predicted octanol–water partition coefficient (Wildman–Crippen LogP) is 2.83. The fourth-order valence-corrected chi connectivity index (χ4v) is 2.37. The highest BCUT2D eigenvalue weighted by atomic mass is 19.4. The van der Waals surface area contributed by atoms with E-state index in [9.17, 15) is 13.2 Å². The van der Waals surface area contributed by atoms with Crippen LogP contribution in [-0.2, 0) is 6.54 Å². The minimum absolute atomic E-state index is 0.320. The molecule has 0 aliphatic heterocycles. The van der Waals surface area contributed by atoms with Crippen molar-refractivity contribution in [1.82, 2.24) is 14.7 Å². The Morgan fingerprint density at radius 3 is 2.71 bits per heavy atom. The molecule has 0 saturated carbocycles. The molecule has 0 aliphatic rings. The summed E-state index contributed by atoms with van der Waals surface area (Å²) < 4.78 is 40.2. The van der Waals surface area contributed by atoms with E-state index in [4.69, 9.17) is 0 Å². The molecule has 0 spiro atoms. The molecule has 0 radical (unpaired) electrons. The zero-order valence-electron chi connectivity index (χ0n) is 12.1. The summed E-state index contributed by atoms with van der Waals surface area (Å²) in [6.45, 7) is 1.65. The molecule has 4 nitrogen and oxygen atoms in total. The van der Waals surface area contributed by atoms with E-state index in [0.717, 1.165) is 5.69 Å². The van der Waals surface area contributed by atoms with Gasteiger partial charge in [-0.15, -0.1) is 0 Å². The van der Waals surface area contributed by atoms with Gasteiger partial charge in [0.2, 0.25) is 0 Å². The number of halogens is 3. The molecule has 0 aliphatic carbocycles. The lowest BCUT2D eigenvalue weighted by Crippen LogP contribution is -2.36. The average Bonchev–Trinajstić information content (AvgIpc) is 2.77. The number of pyridine rings is 1. The lowest BCUT2D eigenvalue weighted by Gasteiger charge is -2.24. The van der Waals surface area contributed by atoms with E-state index >= 15 is 0 Å². The van der Waals surface area contributed by atoms with E-state index in [1.54, 1.807) is 13.1 Å². The highest BCUT2D eigenvalue weighted by Crippen LogP contribution is 2.26. The zero-order valence-corrected chi connectivity index (χ0v) is 12.1. The summed E-state index contributed by atoms with van der Waals surface area (Å²) in [6, 6.07) is 5.45. The fourth-order valence-electron chi connectivity index (χ4n) is 2.37. The van der Waals surface area contributed by atoms with Crippen molar-refractivity contribution < 1.29 is 13.2 Å². The molecule has 0 fully saturated rings. The minimum Gasteiger partial charge on any atom is -0.346 e. The van der Waals surface area contributed by atoms with Crippen LogP contribution in [0.3, 0.4) is 0 Å². The lowest BCUT2D eigenvalue weighted by molar-refractivity contribution is -0.119. The quantitative estimate of drug-likeness (QED) is 0.890. The van der Waals surface area contributed by atoms with Crippen LogP contribution in [0.5, 0.6) is 0 Å². The van der Waals surface area contributed by atoms with E-state index in [1.165, 1.54) is 4.90 Å². The van der Waals surface area contributed by atoms with Crippen molar-refractivity contribution in [2.24, 2.45) is 0 Å². The van der Waals surface area contributed by atoms with Crippen molar-refractivity contribution in [3.63, 3.8) is 0 Å². The maximum absolute atomic E-state index is 12.8. The van der Waals surface area contributed by atoms with Gasteiger partial charge < -0.3 is 14.6 Å². The maximum atomic E-state index is 12.8. The summed E-state index contributed by atoms with van der Waals surface area (Å²) >= 11 is 0. The lowest BCUT2D eigenvalue weighted by atomic mass is 10.3. The molecular formula is C14H19F3N4. The molecule has 0 atom stereocenters. The van der Waals surface area contributed by atoms with E-state index in [-0.39, 0.29) is 0 Å². The summed E-state index contributed by atoms with van der Waals surface area (Å²) in [5.74, 6) is 0.398. The molecule has 7 heteroatoms. The monoisotopic (exact) mass is 300 g/mol. The second kappa shape index (κ2) is 6.34. The van der Waals surface area contributed by atoms with E-state index < -0.39 is 12.7 Å². The molecular weight excluding hydrogens is 281 g/mol. The Balaban J connectivity index is 2.47. The van der Waals surface area contributed by atoms with Gasteiger partial charge in [0.15, 0.2) is 5.82 Å². The molecule has 21 heavy (non-hydrogen) atoms. The molecule has 0 bridgehead atoms.